The number of carbonyl (C=O) groups excluding carboxylic acids is 4. The molecule has 2 aromatic heterocycles. The van der Waals surface area contributed by atoms with Crippen molar-refractivity contribution in [3.8, 4) is 28.4 Å². The van der Waals surface area contributed by atoms with E-state index in [0.29, 0.717) is 94.4 Å². The number of methoxy groups -OCH3 is 2. The maximum Gasteiger partial charge on any atom is 0.280 e. The molecule has 5 heterocycles. The Balaban J connectivity index is 0.913. The molecule has 17 heteroatoms. The molecule has 0 saturated carbocycles. The van der Waals surface area contributed by atoms with Gasteiger partial charge in [-0.3, -0.25) is 39.1 Å². The largest absolute Gasteiger partial charge is 0.496 e. The van der Waals surface area contributed by atoms with Crippen LogP contribution >= 0.6 is 11.3 Å². The number of alkyl halides is 2. The third-order valence-corrected chi connectivity index (χ3v) is 12.6. The zero-order valence-corrected chi connectivity index (χ0v) is 35.7. The van der Waals surface area contributed by atoms with Gasteiger partial charge in [0, 0.05) is 54.3 Å². The fraction of sp³-hybridized carbons (Fsp3) is 0.432. The zero-order valence-electron chi connectivity index (χ0n) is 34.9. The zero-order chi connectivity index (χ0) is 43.7. The van der Waals surface area contributed by atoms with Gasteiger partial charge in [-0.25, -0.2) is 8.78 Å². The highest BCUT2D eigenvalue weighted by atomic mass is 32.1. The second kappa shape index (κ2) is 17.8. The lowest BCUT2D eigenvalue weighted by Gasteiger charge is -2.38. The standard InChI is InChI=1S/C44H50F2N6O8S/c1-25-28-11-10-27(20-29(28)43(57)52(25)33-12-13-38(53)48-40(33)54)60-17-9-7-8-15-51-16-14-37(44(45,46)24-51)47-41(55)36-21-30-39(61-36)31(23-50(4)42(30)56)26-18-34(58-5)32(22-49(2)3)35(19-26)59-6/h10-11,18-21,23,33,37H,1,7-9,12-17,22,24H2,2-6H3,(H,47,55)(H,48,53,54). The summed E-state index contributed by atoms with van der Waals surface area (Å²) in [4.78, 5) is 69.3. The Labute approximate surface area is 356 Å². The molecule has 4 aromatic rings. The van der Waals surface area contributed by atoms with E-state index in [9.17, 15) is 24.0 Å². The van der Waals surface area contributed by atoms with Gasteiger partial charge >= 0.3 is 0 Å². The number of amides is 4. The summed E-state index contributed by atoms with van der Waals surface area (Å²) in [6, 6.07) is 8.11. The topological polar surface area (TPSA) is 152 Å². The van der Waals surface area contributed by atoms with E-state index in [4.69, 9.17) is 14.2 Å². The number of piperidine rings is 2. The minimum absolute atomic E-state index is 0.0586. The third kappa shape index (κ3) is 8.90. The molecular weight excluding hydrogens is 811 g/mol. The summed E-state index contributed by atoms with van der Waals surface area (Å²) in [6.45, 7) is 5.27. The van der Waals surface area contributed by atoms with Crippen LogP contribution in [-0.2, 0) is 23.2 Å². The molecule has 0 radical (unpaired) electrons. The number of rotatable bonds is 15. The van der Waals surface area contributed by atoms with Gasteiger partial charge in [0.25, 0.3) is 23.3 Å². The number of unbranched alkanes of at least 4 members (excludes halogenated alkanes) is 2. The highest BCUT2D eigenvalue weighted by molar-refractivity contribution is 7.21. The first-order valence-corrected chi connectivity index (χ1v) is 21.0. The highest BCUT2D eigenvalue weighted by Gasteiger charge is 2.45. The molecule has 2 unspecified atom stereocenters. The lowest BCUT2D eigenvalue weighted by Crippen LogP contribution is -2.58. The summed E-state index contributed by atoms with van der Waals surface area (Å²) in [7, 11) is 8.65. The summed E-state index contributed by atoms with van der Waals surface area (Å²) in [5.41, 5.74) is 3.30. The van der Waals surface area contributed by atoms with Crippen molar-refractivity contribution in [3.05, 3.63) is 81.1 Å². The second-order valence-corrected chi connectivity index (χ2v) is 17.0. The number of halogens is 2. The predicted octanol–water partition coefficient (Wildman–Crippen LogP) is 5.27. The number of thiophene rings is 1. The van der Waals surface area contributed by atoms with Crippen LogP contribution in [0.4, 0.5) is 8.78 Å². The average molecular weight is 861 g/mol. The highest BCUT2D eigenvalue weighted by Crippen LogP contribution is 2.41. The molecule has 324 valence electrons. The van der Waals surface area contributed by atoms with E-state index in [1.165, 1.54) is 15.5 Å². The molecule has 3 aliphatic heterocycles. The Morgan fingerprint density at radius 3 is 2.41 bits per heavy atom. The molecule has 0 aliphatic carbocycles. The summed E-state index contributed by atoms with van der Waals surface area (Å²) in [5, 5.41) is 5.16. The Hall–Kier alpha value is -5.65. The number of imide groups is 1. The van der Waals surface area contributed by atoms with E-state index in [1.807, 2.05) is 31.1 Å². The SMILES string of the molecule is C=C1c2ccc(OCCCCCN3CCC(NC(=O)c4cc5c(=O)n(C)cc(-c6cc(OC)c(CN(C)C)c(OC)c6)c5s4)C(F)(F)C3)cc2C(=O)N1C1CCC(=O)NC1=O. The van der Waals surface area contributed by atoms with Crippen molar-refractivity contribution in [2.45, 2.75) is 63.1 Å². The van der Waals surface area contributed by atoms with E-state index in [-0.39, 0.29) is 41.5 Å². The first-order valence-electron chi connectivity index (χ1n) is 20.2. The minimum atomic E-state index is -3.18. The molecule has 3 aliphatic rings. The van der Waals surface area contributed by atoms with Gasteiger partial charge in [0.05, 0.1) is 54.8 Å². The first kappa shape index (κ1) is 43.4. The van der Waals surface area contributed by atoms with E-state index < -0.39 is 36.4 Å². The van der Waals surface area contributed by atoms with Crippen LogP contribution in [0.3, 0.4) is 0 Å². The molecule has 4 amide bonds. The lowest BCUT2D eigenvalue weighted by atomic mass is 10.00. The van der Waals surface area contributed by atoms with Crippen molar-refractivity contribution in [3.63, 3.8) is 0 Å². The number of fused-ring (bicyclic) bond motifs is 2. The molecule has 2 fully saturated rings. The van der Waals surface area contributed by atoms with Crippen LogP contribution in [0.15, 0.2) is 54.0 Å². The number of hydrogen-bond acceptors (Lipinski definition) is 11. The van der Waals surface area contributed by atoms with Gasteiger partial charge in [0.2, 0.25) is 11.8 Å². The van der Waals surface area contributed by atoms with Gasteiger partial charge in [-0.05, 0) is 94.7 Å². The number of benzene rings is 2. The molecule has 2 N–H and O–H groups in total. The van der Waals surface area contributed by atoms with Crippen molar-refractivity contribution in [2.75, 3.05) is 54.6 Å². The molecule has 0 bridgehead atoms. The number of nitrogens with one attached hydrogen (secondary N) is 2. The van der Waals surface area contributed by atoms with E-state index >= 15 is 8.78 Å². The van der Waals surface area contributed by atoms with Crippen molar-refractivity contribution >= 4 is 50.7 Å². The fourth-order valence-corrected chi connectivity index (χ4v) is 9.36. The van der Waals surface area contributed by atoms with Crippen molar-refractivity contribution < 1.29 is 42.2 Å². The van der Waals surface area contributed by atoms with E-state index in [2.05, 4.69) is 17.2 Å². The van der Waals surface area contributed by atoms with Crippen LogP contribution in [0.1, 0.15) is 69.7 Å². The molecule has 61 heavy (non-hydrogen) atoms. The monoisotopic (exact) mass is 860 g/mol. The molecule has 14 nitrogen and oxygen atoms in total. The minimum Gasteiger partial charge on any atom is -0.496 e. The van der Waals surface area contributed by atoms with Gasteiger partial charge in [-0.15, -0.1) is 11.3 Å². The van der Waals surface area contributed by atoms with E-state index in [1.54, 1.807) is 50.6 Å². The number of nitrogens with zero attached hydrogens (tertiary/aromatic N) is 4. The average Bonchev–Trinajstić information content (AvgIpc) is 3.77. The Kier molecular flexibility index (Phi) is 12.6. The van der Waals surface area contributed by atoms with Gasteiger partial charge in [0.1, 0.15) is 23.3 Å². The predicted molar refractivity (Wildman–Crippen MR) is 227 cm³/mol. The van der Waals surface area contributed by atoms with Crippen LogP contribution in [0, 0.1) is 0 Å². The van der Waals surface area contributed by atoms with Crippen LogP contribution in [0.5, 0.6) is 17.2 Å². The van der Waals surface area contributed by atoms with Gasteiger partial charge in [-0.2, -0.15) is 0 Å². The van der Waals surface area contributed by atoms with E-state index in [0.717, 1.165) is 23.3 Å². The Bertz CT molecular complexity index is 2440. The molecular formula is C44H50F2N6O8S. The van der Waals surface area contributed by atoms with Crippen molar-refractivity contribution in [1.29, 1.82) is 0 Å². The summed E-state index contributed by atoms with van der Waals surface area (Å²) >= 11 is 1.08. The molecule has 7 rings (SSSR count). The van der Waals surface area contributed by atoms with Crippen LogP contribution in [0.25, 0.3) is 26.9 Å². The van der Waals surface area contributed by atoms with Gasteiger partial charge < -0.3 is 29.0 Å². The van der Waals surface area contributed by atoms with Crippen LogP contribution < -0.4 is 30.4 Å². The van der Waals surface area contributed by atoms with Crippen molar-refractivity contribution in [1.82, 2.24) is 29.9 Å². The van der Waals surface area contributed by atoms with Gasteiger partial charge in [-0.1, -0.05) is 6.58 Å². The maximum absolute atomic E-state index is 15.6. The summed E-state index contributed by atoms with van der Waals surface area (Å²) in [6.07, 6.45) is 4.15. The third-order valence-electron chi connectivity index (χ3n) is 11.4. The fourth-order valence-electron chi connectivity index (χ4n) is 8.27. The number of pyridine rings is 1. The van der Waals surface area contributed by atoms with Gasteiger partial charge in [0.15, 0.2) is 0 Å². The maximum atomic E-state index is 15.6. The normalized spacial score (nSPS) is 19.0. The molecule has 0 spiro atoms. The Morgan fingerprint density at radius 1 is 1.00 bits per heavy atom. The first-order chi connectivity index (χ1) is 29.1. The number of likely N-dealkylation sites (tertiary alicyclic amines) is 1. The number of aryl methyl sites for hydroxylation is 1. The number of hydrogen-bond donors (Lipinski definition) is 2. The number of carbonyl (C=O) groups is 4. The Morgan fingerprint density at radius 2 is 1.74 bits per heavy atom. The second-order valence-electron chi connectivity index (χ2n) is 16.0. The lowest BCUT2D eigenvalue weighted by molar-refractivity contribution is -0.136. The summed E-state index contributed by atoms with van der Waals surface area (Å²) in [5.74, 6) is -3.42. The smallest absolute Gasteiger partial charge is 0.280 e. The molecule has 2 saturated heterocycles. The number of aromatic nitrogens is 1. The molecule has 2 aromatic carbocycles. The quantitative estimate of drug-likeness (QED) is 0.120. The van der Waals surface area contributed by atoms with Crippen molar-refractivity contribution in [2.24, 2.45) is 7.05 Å². The number of ether oxygens (including phenoxy) is 3. The van der Waals surface area contributed by atoms with Crippen LogP contribution in [0.2, 0.25) is 0 Å². The molecule has 2 atom stereocenters. The summed E-state index contributed by atoms with van der Waals surface area (Å²) < 4.78 is 50.5. The van der Waals surface area contributed by atoms with Crippen LogP contribution in [-0.4, -0.2) is 115 Å².